The Bertz CT molecular complexity index is 552. The van der Waals surface area contributed by atoms with Crippen molar-refractivity contribution in [2.24, 2.45) is 0 Å². The summed E-state index contributed by atoms with van der Waals surface area (Å²) in [5.41, 5.74) is 2.92. The van der Waals surface area contributed by atoms with Gasteiger partial charge in [-0.05, 0) is 26.0 Å². The molecule has 2 N–H and O–H groups in total. The molecule has 2 rings (SSSR count). The van der Waals surface area contributed by atoms with Gasteiger partial charge < -0.3 is 10.3 Å². The third-order valence-corrected chi connectivity index (χ3v) is 2.34. The van der Waals surface area contributed by atoms with Gasteiger partial charge in [-0.3, -0.25) is 4.79 Å². The Hall–Kier alpha value is -2.03. The topological polar surface area (TPSA) is 44.9 Å². The fourth-order valence-corrected chi connectivity index (χ4v) is 1.73. The predicted octanol–water partition coefficient (Wildman–Crippen LogP) is 3.07. The first-order valence-electron chi connectivity index (χ1n) is 5.19. The molecule has 3 nitrogen and oxygen atoms in total. The molecular formula is C13H14N2O. The number of rotatable bonds is 3. The number of aromatic amines is 1. The highest BCUT2D eigenvalue weighted by atomic mass is 16.1. The number of nitrogens with one attached hydrogen (secondary N) is 2. The van der Waals surface area contributed by atoms with Crippen LogP contribution in [0.3, 0.4) is 0 Å². The molecule has 0 bridgehead atoms. The number of fused-ring (bicyclic) bond motifs is 1. The zero-order valence-corrected chi connectivity index (χ0v) is 9.37. The van der Waals surface area contributed by atoms with Crippen LogP contribution in [0.15, 0.2) is 42.2 Å². The second-order valence-electron chi connectivity index (χ2n) is 3.81. The standard InChI is InChI=1S/C13H14N2O/c1-9(7-10(2)16)15-13-8-14-12-6-4-3-5-11(12)13/h3-8,14-15H,1-2H3/b9-7-. The number of para-hydroxylation sites is 1. The van der Waals surface area contributed by atoms with Crippen LogP contribution in [-0.4, -0.2) is 10.8 Å². The summed E-state index contributed by atoms with van der Waals surface area (Å²) in [6.07, 6.45) is 3.49. The Balaban J connectivity index is 2.31. The molecular weight excluding hydrogens is 200 g/mol. The first-order valence-corrected chi connectivity index (χ1v) is 5.19. The van der Waals surface area contributed by atoms with Crippen molar-refractivity contribution in [2.45, 2.75) is 13.8 Å². The molecule has 0 atom stereocenters. The summed E-state index contributed by atoms with van der Waals surface area (Å²) in [5, 5.41) is 4.33. The van der Waals surface area contributed by atoms with Gasteiger partial charge in [-0.2, -0.15) is 0 Å². The van der Waals surface area contributed by atoms with Crippen LogP contribution in [0.4, 0.5) is 5.69 Å². The summed E-state index contributed by atoms with van der Waals surface area (Å²) in [6, 6.07) is 8.03. The fraction of sp³-hybridized carbons (Fsp3) is 0.154. The average Bonchev–Trinajstić information content (AvgIpc) is 2.61. The molecule has 82 valence electrons. The Morgan fingerprint density at radius 1 is 1.31 bits per heavy atom. The van der Waals surface area contributed by atoms with Crippen LogP contribution in [0.5, 0.6) is 0 Å². The number of ketones is 1. The van der Waals surface area contributed by atoms with Crippen molar-refractivity contribution in [3.05, 3.63) is 42.2 Å². The third kappa shape index (κ3) is 2.14. The number of carbonyl (C=O) groups excluding carboxylic acids is 1. The molecule has 1 heterocycles. The summed E-state index contributed by atoms with van der Waals surface area (Å²) in [5.74, 6) is 0.0461. The first-order chi connectivity index (χ1) is 7.66. The lowest BCUT2D eigenvalue weighted by Crippen LogP contribution is -1.97. The number of allylic oxidation sites excluding steroid dienone is 2. The van der Waals surface area contributed by atoms with E-state index >= 15 is 0 Å². The smallest absolute Gasteiger partial charge is 0.154 e. The van der Waals surface area contributed by atoms with E-state index in [1.54, 1.807) is 13.0 Å². The van der Waals surface area contributed by atoms with Crippen LogP contribution in [-0.2, 0) is 4.79 Å². The molecule has 16 heavy (non-hydrogen) atoms. The molecule has 0 saturated heterocycles. The van der Waals surface area contributed by atoms with Crippen LogP contribution in [0, 0.1) is 0 Å². The SMILES string of the molecule is CC(=O)/C=C(/C)Nc1c[nH]c2ccccc12. The number of benzene rings is 1. The van der Waals surface area contributed by atoms with Gasteiger partial charge in [-0.25, -0.2) is 0 Å². The highest BCUT2D eigenvalue weighted by molar-refractivity contribution is 5.94. The maximum atomic E-state index is 10.9. The molecule has 0 aliphatic rings. The first kappa shape index (κ1) is 10.5. The zero-order valence-electron chi connectivity index (χ0n) is 9.37. The van der Waals surface area contributed by atoms with Gasteiger partial charge in [0, 0.05) is 22.8 Å². The lowest BCUT2D eigenvalue weighted by Gasteiger charge is -2.03. The van der Waals surface area contributed by atoms with Crippen molar-refractivity contribution >= 4 is 22.4 Å². The van der Waals surface area contributed by atoms with Gasteiger partial charge in [0.15, 0.2) is 5.78 Å². The predicted molar refractivity (Wildman–Crippen MR) is 66.4 cm³/mol. The maximum absolute atomic E-state index is 10.9. The van der Waals surface area contributed by atoms with Gasteiger partial charge in [0.2, 0.25) is 0 Å². The van der Waals surface area contributed by atoms with Crippen LogP contribution in [0.1, 0.15) is 13.8 Å². The summed E-state index contributed by atoms with van der Waals surface area (Å²) < 4.78 is 0. The molecule has 0 unspecified atom stereocenters. The molecule has 2 aromatic rings. The Kier molecular flexibility index (Phi) is 2.77. The minimum Gasteiger partial charge on any atom is -0.359 e. The molecule has 3 heteroatoms. The van der Waals surface area contributed by atoms with Crippen molar-refractivity contribution in [3.63, 3.8) is 0 Å². The van der Waals surface area contributed by atoms with Crippen LogP contribution < -0.4 is 5.32 Å². The van der Waals surface area contributed by atoms with E-state index in [1.165, 1.54) is 0 Å². The maximum Gasteiger partial charge on any atom is 0.154 e. The number of H-pyrrole nitrogens is 1. The molecule has 0 fully saturated rings. The molecule has 0 amide bonds. The van der Waals surface area contributed by atoms with Gasteiger partial charge in [0.1, 0.15) is 0 Å². The van der Waals surface area contributed by atoms with Crippen molar-refractivity contribution in [3.8, 4) is 0 Å². The lowest BCUT2D eigenvalue weighted by atomic mass is 10.2. The zero-order chi connectivity index (χ0) is 11.5. The largest absolute Gasteiger partial charge is 0.359 e. The number of hydrogen-bond donors (Lipinski definition) is 2. The summed E-state index contributed by atoms with van der Waals surface area (Å²) in [7, 11) is 0. The van der Waals surface area contributed by atoms with Gasteiger partial charge in [-0.15, -0.1) is 0 Å². The quantitative estimate of drug-likeness (QED) is 0.771. The van der Waals surface area contributed by atoms with Gasteiger partial charge in [-0.1, -0.05) is 18.2 Å². The highest BCUT2D eigenvalue weighted by Crippen LogP contribution is 2.23. The third-order valence-electron chi connectivity index (χ3n) is 2.34. The number of hydrogen-bond acceptors (Lipinski definition) is 2. The highest BCUT2D eigenvalue weighted by Gasteiger charge is 2.02. The van der Waals surface area contributed by atoms with E-state index in [-0.39, 0.29) is 5.78 Å². The molecule has 1 aromatic carbocycles. The van der Waals surface area contributed by atoms with Crippen LogP contribution >= 0.6 is 0 Å². The normalized spacial score (nSPS) is 11.8. The van der Waals surface area contributed by atoms with Crippen molar-refractivity contribution < 1.29 is 4.79 Å². The summed E-state index contributed by atoms with van der Waals surface area (Å²) in [4.78, 5) is 14.1. The second-order valence-corrected chi connectivity index (χ2v) is 3.81. The van der Waals surface area contributed by atoms with Gasteiger partial charge in [0.25, 0.3) is 0 Å². The van der Waals surface area contributed by atoms with E-state index in [0.29, 0.717) is 0 Å². The average molecular weight is 214 g/mol. The van der Waals surface area contributed by atoms with E-state index in [4.69, 9.17) is 0 Å². The van der Waals surface area contributed by atoms with Crippen molar-refractivity contribution in [2.75, 3.05) is 5.32 Å². The van der Waals surface area contributed by atoms with Crippen LogP contribution in [0.2, 0.25) is 0 Å². The molecule has 0 aliphatic heterocycles. The molecule has 0 aliphatic carbocycles. The Morgan fingerprint density at radius 3 is 2.81 bits per heavy atom. The molecule has 0 radical (unpaired) electrons. The summed E-state index contributed by atoms with van der Waals surface area (Å²) in [6.45, 7) is 3.42. The monoisotopic (exact) mass is 214 g/mol. The Morgan fingerprint density at radius 2 is 2.06 bits per heavy atom. The van der Waals surface area contributed by atoms with Crippen molar-refractivity contribution in [1.29, 1.82) is 0 Å². The second kappa shape index (κ2) is 4.23. The van der Waals surface area contributed by atoms with Gasteiger partial charge in [0.05, 0.1) is 5.69 Å². The number of aromatic nitrogens is 1. The van der Waals surface area contributed by atoms with E-state index in [2.05, 4.69) is 10.3 Å². The molecule has 1 aromatic heterocycles. The molecule has 0 spiro atoms. The molecule has 0 saturated carbocycles. The minimum absolute atomic E-state index is 0.0461. The minimum atomic E-state index is 0.0461. The Labute approximate surface area is 94.2 Å². The number of anilines is 1. The van der Waals surface area contributed by atoms with E-state index in [1.807, 2.05) is 37.4 Å². The van der Waals surface area contributed by atoms with Crippen LogP contribution in [0.25, 0.3) is 10.9 Å². The van der Waals surface area contributed by atoms with E-state index in [0.717, 1.165) is 22.3 Å². The summed E-state index contributed by atoms with van der Waals surface area (Å²) >= 11 is 0. The van der Waals surface area contributed by atoms with Crippen molar-refractivity contribution in [1.82, 2.24) is 4.98 Å². The van der Waals surface area contributed by atoms with E-state index < -0.39 is 0 Å². The number of carbonyl (C=O) groups is 1. The van der Waals surface area contributed by atoms with E-state index in [9.17, 15) is 4.79 Å². The van der Waals surface area contributed by atoms with Gasteiger partial charge >= 0.3 is 0 Å². The lowest BCUT2D eigenvalue weighted by molar-refractivity contribution is -0.112. The fourth-order valence-electron chi connectivity index (χ4n) is 1.73.